The van der Waals surface area contributed by atoms with Crippen molar-refractivity contribution in [3.05, 3.63) is 53.4 Å². The molecule has 1 aliphatic rings. The van der Waals surface area contributed by atoms with Gasteiger partial charge in [0.2, 0.25) is 0 Å². The number of aromatic carboxylic acids is 1. The molecule has 0 spiro atoms. The SMILES string of the molecule is C=Cc1cc(C(=O)O)c(-c2ccc(C(=O)NCC3CC3)nc2COCC(C)OC(=O)[C@@H](NC(=O)OC(C)(C)C)C(C)C)cc1OC. The molecule has 46 heavy (non-hydrogen) atoms. The van der Waals surface area contributed by atoms with E-state index in [9.17, 15) is 24.3 Å². The number of rotatable bonds is 15. The minimum Gasteiger partial charge on any atom is -0.496 e. The fourth-order valence-electron chi connectivity index (χ4n) is 4.52. The molecule has 1 aromatic heterocycles. The predicted molar refractivity (Wildman–Crippen MR) is 172 cm³/mol. The molecule has 3 rings (SSSR count). The van der Waals surface area contributed by atoms with Crippen LogP contribution in [0.3, 0.4) is 0 Å². The lowest BCUT2D eigenvalue weighted by atomic mass is 9.95. The Morgan fingerprint density at radius 2 is 1.80 bits per heavy atom. The summed E-state index contributed by atoms with van der Waals surface area (Å²) in [6.07, 6.45) is 2.20. The van der Waals surface area contributed by atoms with Crippen LogP contribution in [0, 0.1) is 11.8 Å². The van der Waals surface area contributed by atoms with Gasteiger partial charge in [-0.1, -0.05) is 32.6 Å². The van der Waals surface area contributed by atoms with Gasteiger partial charge in [-0.2, -0.15) is 0 Å². The number of carbonyl (C=O) groups excluding carboxylic acids is 3. The molecule has 0 bridgehead atoms. The van der Waals surface area contributed by atoms with Gasteiger partial charge >= 0.3 is 18.0 Å². The molecule has 2 atom stereocenters. The lowest BCUT2D eigenvalue weighted by Crippen LogP contribution is -2.48. The maximum Gasteiger partial charge on any atom is 0.408 e. The van der Waals surface area contributed by atoms with Gasteiger partial charge in [-0.05, 0) is 70.6 Å². The molecular weight excluding hydrogens is 594 g/mol. The highest BCUT2D eigenvalue weighted by Crippen LogP contribution is 2.34. The lowest BCUT2D eigenvalue weighted by Gasteiger charge is -2.25. The number of nitrogens with one attached hydrogen (secondary N) is 2. The number of benzene rings is 1. The molecule has 12 heteroatoms. The first-order valence-corrected chi connectivity index (χ1v) is 15.3. The Bertz CT molecular complexity index is 1440. The van der Waals surface area contributed by atoms with E-state index < -0.39 is 35.8 Å². The Balaban J connectivity index is 1.82. The van der Waals surface area contributed by atoms with Crippen molar-refractivity contribution in [1.82, 2.24) is 15.6 Å². The monoisotopic (exact) mass is 639 g/mol. The van der Waals surface area contributed by atoms with E-state index in [1.807, 2.05) is 0 Å². The molecular formula is C34H45N3O9. The van der Waals surface area contributed by atoms with Crippen molar-refractivity contribution in [1.29, 1.82) is 0 Å². The second-order valence-corrected chi connectivity index (χ2v) is 12.6. The van der Waals surface area contributed by atoms with Gasteiger partial charge < -0.3 is 34.7 Å². The van der Waals surface area contributed by atoms with Crippen LogP contribution in [0.2, 0.25) is 0 Å². The van der Waals surface area contributed by atoms with Gasteiger partial charge in [0.25, 0.3) is 5.91 Å². The van der Waals surface area contributed by atoms with Crippen LogP contribution in [-0.2, 0) is 25.6 Å². The van der Waals surface area contributed by atoms with E-state index >= 15 is 0 Å². The number of esters is 1. The molecule has 12 nitrogen and oxygen atoms in total. The summed E-state index contributed by atoms with van der Waals surface area (Å²) in [6.45, 7) is 14.5. The smallest absolute Gasteiger partial charge is 0.408 e. The summed E-state index contributed by atoms with van der Waals surface area (Å²) < 4.78 is 22.2. The molecule has 1 aliphatic carbocycles. The molecule has 0 radical (unpaired) electrons. The van der Waals surface area contributed by atoms with Crippen molar-refractivity contribution in [3.8, 4) is 16.9 Å². The highest BCUT2D eigenvalue weighted by atomic mass is 16.6. The summed E-state index contributed by atoms with van der Waals surface area (Å²) in [5, 5.41) is 15.5. The molecule has 1 saturated carbocycles. The molecule has 1 aromatic carbocycles. The molecule has 2 aromatic rings. The summed E-state index contributed by atoms with van der Waals surface area (Å²) >= 11 is 0. The molecule has 0 aliphatic heterocycles. The van der Waals surface area contributed by atoms with Crippen LogP contribution in [0.15, 0.2) is 30.8 Å². The first-order valence-electron chi connectivity index (χ1n) is 15.3. The van der Waals surface area contributed by atoms with E-state index in [1.54, 1.807) is 53.7 Å². The normalized spacial score (nSPS) is 14.2. The van der Waals surface area contributed by atoms with Gasteiger partial charge in [-0.25, -0.2) is 19.4 Å². The van der Waals surface area contributed by atoms with Gasteiger partial charge in [-0.15, -0.1) is 0 Å². The van der Waals surface area contributed by atoms with E-state index in [0.717, 1.165) is 12.8 Å². The Morgan fingerprint density at radius 1 is 1.11 bits per heavy atom. The number of alkyl carbamates (subject to hydrolysis) is 1. The number of amides is 2. The van der Waals surface area contributed by atoms with Crippen LogP contribution in [-0.4, -0.2) is 72.0 Å². The van der Waals surface area contributed by atoms with Gasteiger partial charge in [0.1, 0.15) is 29.2 Å². The van der Waals surface area contributed by atoms with Gasteiger partial charge in [-0.3, -0.25) is 4.79 Å². The zero-order chi connectivity index (χ0) is 34.2. The Kier molecular flexibility index (Phi) is 12.3. The second-order valence-electron chi connectivity index (χ2n) is 12.6. The van der Waals surface area contributed by atoms with E-state index in [4.69, 9.17) is 18.9 Å². The van der Waals surface area contributed by atoms with Crippen molar-refractivity contribution >= 4 is 30.0 Å². The number of aromatic nitrogens is 1. The van der Waals surface area contributed by atoms with Crippen molar-refractivity contribution in [2.45, 2.75) is 78.7 Å². The molecule has 1 fully saturated rings. The number of hydrogen-bond acceptors (Lipinski definition) is 9. The van der Waals surface area contributed by atoms with Crippen LogP contribution in [0.25, 0.3) is 17.2 Å². The number of nitrogens with zero attached hydrogens (tertiary/aromatic N) is 1. The number of pyridine rings is 1. The van der Waals surface area contributed by atoms with Crippen LogP contribution in [0.1, 0.15) is 86.5 Å². The van der Waals surface area contributed by atoms with E-state index in [-0.39, 0.29) is 36.3 Å². The highest BCUT2D eigenvalue weighted by molar-refractivity contribution is 5.98. The number of ether oxygens (including phenoxy) is 4. The van der Waals surface area contributed by atoms with Crippen molar-refractivity contribution in [2.75, 3.05) is 20.3 Å². The van der Waals surface area contributed by atoms with Crippen molar-refractivity contribution in [3.63, 3.8) is 0 Å². The summed E-state index contributed by atoms with van der Waals surface area (Å²) in [4.78, 5) is 54.9. The Hall–Kier alpha value is -4.45. The zero-order valence-corrected chi connectivity index (χ0v) is 27.6. The van der Waals surface area contributed by atoms with Crippen molar-refractivity contribution in [2.24, 2.45) is 11.8 Å². The summed E-state index contributed by atoms with van der Waals surface area (Å²) in [6, 6.07) is 5.27. The molecule has 3 N–H and O–H groups in total. The Morgan fingerprint density at radius 3 is 2.37 bits per heavy atom. The number of carboxylic acid groups (broad SMARTS) is 1. The van der Waals surface area contributed by atoms with Crippen LogP contribution in [0.5, 0.6) is 5.75 Å². The molecule has 250 valence electrons. The number of carboxylic acids is 1. The standard InChI is InChI=1S/C34H45N3O9/c1-9-22-14-25(31(39)40)24(15-28(22)43-8)23-12-13-26(30(38)35-16-21-10-11-21)36-27(23)18-44-17-20(4)45-32(41)29(19(2)3)37-33(42)46-34(5,6)7/h9,12-15,19-21,29H,1,10-11,16-18H2,2-8H3,(H,35,38)(H,37,42)(H,39,40)/t20?,29-/m0/s1. The first kappa shape index (κ1) is 36.0. The average molecular weight is 640 g/mol. The fourth-order valence-corrected chi connectivity index (χ4v) is 4.52. The summed E-state index contributed by atoms with van der Waals surface area (Å²) in [7, 11) is 1.47. The van der Waals surface area contributed by atoms with Crippen LogP contribution < -0.4 is 15.4 Å². The molecule has 1 heterocycles. The number of hydrogen-bond donors (Lipinski definition) is 3. The van der Waals surface area contributed by atoms with Crippen LogP contribution in [0.4, 0.5) is 4.79 Å². The molecule has 1 unspecified atom stereocenters. The minimum absolute atomic E-state index is 0.0100. The lowest BCUT2D eigenvalue weighted by molar-refractivity contribution is -0.155. The van der Waals surface area contributed by atoms with Gasteiger partial charge in [0.05, 0.1) is 31.6 Å². The summed E-state index contributed by atoms with van der Waals surface area (Å²) in [5.74, 6) is -1.56. The number of methoxy groups -OCH3 is 1. The zero-order valence-electron chi connectivity index (χ0n) is 27.6. The topological polar surface area (TPSA) is 162 Å². The van der Waals surface area contributed by atoms with E-state index in [1.165, 1.54) is 25.3 Å². The van der Waals surface area contributed by atoms with Crippen LogP contribution >= 0.6 is 0 Å². The molecule has 0 saturated heterocycles. The minimum atomic E-state index is -1.17. The third-order valence-corrected chi connectivity index (χ3v) is 7.07. The van der Waals surface area contributed by atoms with Crippen molar-refractivity contribution < 1.29 is 43.2 Å². The quantitative estimate of drug-likeness (QED) is 0.220. The molecule has 2 amide bonds. The van der Waals surface area contributed by atoms with E-state index in [0.29, 0.717) is 40.6 Å². The third kappa shape index (κ3) is 10.3. The summed E-state index contributed by atoms with van der Waals surface area (Å²) in [5.41, 5.74) is 0.964. The fraction of sp³-hybridized carbons (Fsp3) is 0.500. The van der Waals surface area contributed by atoms with E-state index in [2.05, 4.69) is 22.2 Å². The van der Waals surface area contributed by atoms with Gasteiger partial charge in [0, 0.05) is 23.2 Å². The second kappa shape index (κ2) is 15.7. The number of carbonyl (C=O) groups is 4. The largest absolute Gasteiger partial charge is 0.496 e. The predicted octanol–water partition coefficient (Wildman–Crippen LogP) is 5.24. The average Bonchev–Trinajstić information content (AvgIpc) is 3.81. The Labute approximate surface area is 269 Å². The highest BCUT2D eigenvalue weighted by Gasteiger charge is 2.30. The van der Waals surface area contributed by atoms with Gasteiger partial charge in [0.15, 0.2) is 0 Å². The third-order valence-electron chi connectivity index (χ3n) is 7.07. The maximum absolute atomic E-state index is 12.9. The first-order chi connectivity index (χ1) is 21.6. The maximum atomic E-state index is 12.9.